The van der Waals surface area contributed by atoms with Gasteiger partial charge in [0.05, 0.1) is 6.61 Å². The van der Waals surface area contributed by atoms with Crippen LogP contribution in [0.4, 0.5) is 0 Å². The summed E-state index contributed by atoms with van der Waals surface area (Å²) in [6.45, 7) is 6.61. The average molecular weight is 276 g/mol. The Labute approximate surface area is 118 Å². The number of hydrogen-bond acceptors (Lipinski definition) is 4. The molecule has 3 nitrogen and oxygen atoms in total. The van der Waals surface area contributed by atoms with Crippen molar-refractivity contribution in [3.8, 4) is 5.88 Å². The second-order valence-electron chi connectivity index (χ2n) is 4.41. The fraction of sp³-hybridized carbons (Fsp3) is 0.400. The van der Waals surface area contributed by atoms with Crippen molar-refractivity contribution < 1.29 is 4.74 Å². The van der Waals surface area contributed by atoms with E-state index in [1.54, 1.807) is 11.3 Å². The quantitative estimate of drug-likeness (QED) is 0.843. The Hall–Kier alpha value is -1.39. The summed E-state index contributed by atoms with van der Waals surface area (Å²) in [7, 11) is 0. The predicted molar refractivity (Wildman–Crippen MR) is 79.9 cm³/mol. The van der Waals surface area contributed by atoms with Gasteiger partial charge in [-0.25, -0.2) is 4.98 Å². The Morgan fingerprint density at radius 1 is 1.37 bits per heavy atom. The molecule has 2 aromatic heterocycles. The molecule has 4 heteroatoms. The van der Waals surface area contributed by atoms with Crippen LogP contribution in [-0.4, -0.2) is 18.1 Å². The Morgan fingerprint density at radius 3 is 3.00 bits per heavy atom. The van der Waals surface area contributed by atoms with E-state index in [1.807, 2.05) is 13.0 Å². The summed E-state index contributed by atoms with van der Waals surface area (Å²) in [5, 5.41) is 5.41. The van der Waals surface area contributed by atoms with Gasteiger partial charge in [-0.2, -0.15) is 0 Å². The van der Waals surface area contributed by atoms with Gasteiger partial charge in [-0.1, -0.05) is 13.0 Å². The third-order valence-electron chi connectivity index (χ3n) is 2.75. The van der Waals surface area contributed by atoms with Crippen LogP contribution in [-0.2, 0) is 13.0 Å². The van der Waals surface area contributed by atoms with Crippen molar-refractivity contribution in [2.75, 3.05) is 13.2 Å². The third-order valence-corrected chi connectivity index (χ3v) is 3.68. The molecule has 0 radical (unpaired) electrons. The fourth-order valence-corrected chi connectivity index (χ4v) is 2.55. The van der Waals surface area contributed by atoms with Crippen LogP contribution in [0.3, 0.4) is 0 Å². The summed E-state index contributed by atoms with van der Waals surface area (Å²) in [4.78, 5) is 5.76. The second-order valence-corrected chi connectivity index (χ2v) is 5.45. The molecule has 0 saturated heterocycles. The SMILES string of the molecule is CCNCc1cc(C)nc(OCCc2cccs2)c1. The number of nitrogens with zero attached hydrogens (tertiary/aromatic N) is 1. The molecule has 2 heterocycles. The molecule has 0 unspecified atom stereocenters. The summed E-state index contributed by atoms with van der Waals surface area (Å²) in [5.41, 5.74) is 2.22. The van der Waals surface area contributed by atoms with E-state index in [-0.39, 0.29) is 0 Å². The maximum Gasteiger partial charge on any atom is 0.213 e. The zero-order chi connectivity index (χ0) is 13.5. The molecule has 0 spiro atoms. The van der Waals surface area contributed by atoms with Crippen molar-refractivity contribution >= 4 is 11.3 Å². The van der Waals surface area contributed by atoms with Crippen molar-refractivity contribution in [3.63, 3.8) is 0 Å². The van der Waals surface area contributed by atoms with Gasteiger partial charge in [0, 0.05) is 29.6 Å². The van der Waals surface area contributed by atoms with Crippen molar-refractivity contribution in [1.82, 2.24) is 10.3 Å². The maximum atomic E-state index is 5.75. The molecule has 0 amide bonds. The number of nitrogens with one attached hydrogen (secondary N) is 1. The van der Waals surface area contributed by atoms with E-state index in [2.05, 4.69) is 40.8 Å². The Morgan fingerprint density at radius 2 is 2.26 bits per heavy atom. The highest BCUT2D eigenvalue weighted by atomic mass is 32.1. The number of aryl methyl sites for hydroxylation is 1. The lowest BCUT2D eigenvalue weighted by Crippen LogP contribution is -2.12. The minimum absolute atomic E-state index is 0.678. The van der Waals surface area contributed by atoms with Crippen molar-refractivity contribution in [1.29, 1.82) is 0 Å². The molecule has 2 aromatic rings. The number of ether oxygens (including phenoxy) is 1. The zero-order valence-corrected chi connectivity index (χ0v) is 12.3. The van der Waals surface area contributed by atoms with Crippen LogP contribution in [0.1, 0.15) is 23.1 Å². The Balaban J connectivity index is 1.90. The molecule has 0 atom stereocenters. The van der Waals surface area contributed by atoms with Crippen molar-refractivity contribution in [2.45, 2.75) is 26.8 Å². The Bertz CT molecular complexity index is 497. The molecule has 102 valence electrons. The first-order valence-electron chi connectivity index (χ1n) is 6.61. The molecule has 19 heavy (non-hydrogen) atoms. The third kappa shape index (κ3) is 4.65. The van der Waals surface area contributed by atoms with Gasteiger partial charge < -0.3 is 10.1 Å². The lowest BCUT2D eigenvalue weighted by molar-refractivity contribution is 0.309. The number of hydrogen-bond donors (Lipinski definition) is 1. The number of aromatic nitrogens is 1. The zero-order valence-electron chi connectivity index (χ0n) is 11.5. The topological polar surface area (TPSA) is 34.2 Å². The van der Waals surface area contributed by atoms with E-state index >= 15 is 0 Å². The van der Waals surface area contributed by atoms with E-state index in [0.29, 0.717) is 6.61 Å². The van der Waals surface area contributed by atoms with Crippen LogP contribution >= 0.6 is 11.3 Å². The van der Waals surface area contributed by atoms with Gasteiger partial charge >= 0.3 is 0 Å². The molecule has 0 bridgehead atoms. The van der Waals surface area contributed by atoms with Crippen LogP contribution in [0.5, 0.6) is 5.88 Å². The molecular formula is C15H20N2OS. The minimum atomic E-state index is 0.678. The van der Waals surface area contributed by atoms with Gasteiger partial charge in [0.15, 0.2) is 0 Å². The highest BCUT2D eigenvalue weighted by Gasteiger charge is 2.02. The van der Waals surface area contributed by atoms with E-state index < -0.39 is 0 Å². The van der Waals surface area contributed by atoms with E-state index in [1.165, 1.54) is 10.4 Å². The summed E-state index contributed by atoms with van der Waals surface area (Å²) in [6.07, 6.45) is 0.940. The van der Waals surface area contributed by atoms with Crippen LogP contribution in [0, 0.1) is 6.92 Å². The molecule has 2 rings (SSSR count). The molecule has 1 N–H and O–H groups in total. The van der Waals surface area contributed by atoms with Gasteiger partial charge in [-0.3, -0.25) is 0 Å². The summed E-state index contributed by atoms with van der Waals surface area (Å²) in [6, 6.07) is 8.31. The van der Waals surface area contributed by atoms with Crippen LogP contribution in [0.15, 0.2) is 29.6 Å². The monoisotopic (exact) mass is 276 g/mol. The molecule has 0 aliphatic heterocycles. The summed E-state index contributed by atoms with van der Waals surface area (Å²) >= 11 is 1.77. The van der Waals surface area contributed by atoms with Gasteiger partial charge in [-0.15, -0.1) is 11.3 Å². The highest BCUT2D eigenvalue weighted by molar-refractivity contribution is 7.09. The summed E-state index contributed by atoms with van der Waals surface area (Å²) < 4.78 is 5.75. The van der Waals surface area contributed by atoms with E-state index in [4.69, 9.17) is 4.74 Å². The molecular weight excluding hydrogens is 256 g/mol. The molecule has 0 aromatic carbocycles. The standard InChI is InChI=1S/C15H20N2OS/c1-3-16-11-13-9-12(2)17-15(10-13)18-7-6-14-5-4-8-19-14/h4-5,8-10,16H,3,6-7,11H2,1-2H3. The van der Waals surface area contributed by atoms with Crippen LogP contribution in [0.25, 0.3) is 0 Å². The maximum absolute atomic E-state index is 5.75. The first-order valence-corrected chi connectivity index (χ1v) is 7.49. The Kier molecular flexibility index (Phi) is 5.36. The van der Waals surface area contributed by atoms with E-state index in [0.717, 1.165) is 31.1 Å². The predicted octanol–water partition coefficient (Wildman–Crippen LogP) is 3.18. The highest BCUT2D eigenvalue weighted by Crippen LogP contribution is 2.14. The van der Waals surface area contributed by atoms with Gasteiger partial charge in [0.2, 0.25) is 5.88 Å². The average Bonchev–Trinajstić information content (AvgIpc) is 2.89. The van der Waals surface area contributed by atoms with Crippen molar-refractivity contribution in [3.05, 3.63) is 45.8 Å². The number of pyridine rings is 1. The van der Waals surface area contributed by atoms with Crippen LogP contribution in [0.2, 0.25) is 0 Å². The first-order chi connectivity index (χ1) is 9.28. The molecule has 0 aliphatic carbocycles. The normalized spacial score (nSPS) is 10.6. The molecule has 0 aliphatic rings. The molecule has 0 saturated carbocycles. The lowest BCUT2D eigenvalue weighted by atomic mass is 10.2. The van der Waals surface area contributed by atoms with Gasteiger partial charge in [-0.05, 0) is 36.5 Å². The van der Waals surface area contributed by atoms with Crippen molar-refractivity contribution in [2.24, 2.45) is 0 Å². The minimum Gasteiger partial charge on any atom is -0.477 e. The molecule has 0 fully saturated rings. The summed E-state index contributed by atoms with van der Waals surface area (Å²) in [5.74, 6) is 0.726. The van der Waals surface area contributed by atoms with Gasteiger partial charge in [0.25, 0.3) is 0 Å². The largest absolute Gasteiger partial charge is 0.477 e. The van der Waals surface area contributed by atoms with Crippen LogP contribution < -0.4 is 10.1 Å². The fourth-order valence-electron chi connectivity index (χ4n) is 1.86. The number of thiophene rings is 1. The second kappa shape index (κ2) is 7.26. The number of rotatable bonds is 7. The lowest BCUT2D eigenvalue weighted by Gasteiger charge is -2.08. The smallest absolute Gasteiger partial charge is 0.213 e. The van der Waals surface area contributed by atoms with Gasteiger partial charge in [0.1, 0.15) is 0 Å². The first kappa shape index (κ1) is 14.0. The van der Waals surface area contributed by atoms with E-state index in [9.17, 15) is 0 Å².